The summed E-state index contributed by atoms with van der Waals surface area (Å²) < 4.78 is 0. The van der Waals surface area contributed by atoms with Gasteiger partial charge < -0.3 is 4.98 Å². The summed E-state index contributed by atoms with van der Waals surface area (Å²) in [6, 6.07) is 5.88. The van der Waals surface area contributed by atoms with Crippen molar-refractivity contribution in [2.24, 2.45) is 0 Å². The topological polar surface area (TPSA) is 41.6 Å². The Morgan fingerprint density at radius 1 is 1.23 bits per heavy atom. The van der Waals surface area contributed by atoms with Crippen molar-refractivity contribution >= 4 is 6.08 Å². The SMILES string of the molecule is C=Cc1ccc(-c2ccnnc2)[nH]1. The highest BCUT2D eigenvalue weighted by molar-refractivity contribution is 5.60. The normalized spacial score (nSPS) is 9.85. The summed E-state index contributed by atoms with van der Waals surface area (Å²) in [5.41, 5.74) is 3.07. The van der Waals surface area contributed by atoms with Crippen LogP contribution in [0.2, 0.25) is 0 Å². The number of hydrogen-bond donors (Lipinski definition) is 1. The number of nitrogens with one attached hydrogen (secondary N) is 1. The van der Waals surface area contributed by atoms with Crippen molar-refractivity contribution in [3.05, 3.63) is 42.9 Å². The second-order valence-corrected chi connectivity index (χ2v) is 2.66. The predicted octanol–water partition coefficient (Wildman–Crippen LogP) is 2.11. The fraction of sp³-hybridized carbons (Fsp3) is 0. The fourth-order valence-electron chi connectivity index (χ4n) is 1.15. The minimum atomic E-state index is 1.01. The van der Waals surface area contributed by atoms with E-state index < -0.39 is 0 Å². The van der Waals surface area contributed by atoms with Crippen LogP contribution in [0.15, 0.2) is 37.2 Å². The first-order chi connectivity index (χ1) is 6.40. The number of rotatable bonds is 2. The van der Waals surface area contributed by atoms with E-state index in [9.17, 15) is 0 Å². The third kappa shape index (κ3) is 1.49. The zero-order chi connectivity index (χ0) is 9.10. The Labute approximate surface area is 76.1 Å². The average Bonchev–Trinajstić information content (AvgIpc) is 2.67. The van der Waals surface area contributed by atoms with Crippen LogP contribution >= 0.6 is 0 Å². The lowest BCUT2D eigenvalue weighted by atomic mass is 10.2. The quantitative estimate of drug-likeness (QED) is 0.751. The Balaban J connectivity index is 2.41. The molecule has 0 spiro atoms. The molecule has 0 saturated carbocycles. The van der Waals surface area contributed by atoms with E-state index in [4.69, 9.17) is 0 Å². The van der Waals surface area contributed by atoms with E-state index >= 15 is 0 Å². The molecule has 0 aliphatic rings. The molecule has 3 heteroatoms. The van der Waals surface area contributed by atoms with Crippen molar-refractivity contribution in [2.45, 2.75) is 0 Å². The summed E-state index contributed by atoms with van der Waals surface area (Å²) in [6.07, 6.45) is 5.17. The van der Waals surface area contributed by atoms with E-state index in [-0.39, 0.29) is 0 Å². The zero-order valence-electron chi connectivity index (χ0n) is 7.07. The third-order valence-corrected chi connectivity index (χ3v) is 1.82. The van der Waals surface area contributed by atoms with Crippen LogP contribution in [0, 0.1) is 0 Å². The van der Waals surface area contributed by atoms with Crippen LogP contribution in [-0.2, 0) is 0 Å². The maximum atomic E-state index is 3.80. The zero-order valence-corrected chi connectivity index (χ0v) is 7.07. The molecule has 0 radical (unpaired) electrons. The highest BCUT2D eigenvalue weighted by Crippen LogP contribution is 2.16. The Morgan fingerprint density at radius 2 is 2.15 bits per heavy atom. The van der Waals surface area contributed by atoms with E-state index in [1.54, 1.807) is 18.5 Å². The van der Waals surface area contributed by atoms with E-state index in [1.807, 2.05) is 18.2 Å². The molecule has 0 fully saturated rings. The summed E-state index contributed by atoms with van der Waals surface area (Å²) >= 11 is 0. The Morgan fingerprint density at radius 3 is 2.77 bits per heavy atom. The Bertz CT molecular complexity index is 403. The van der Waals surface area contributed by atoms with Gasteiger partial charge in [-0.05, 0) is 24.3 Å². The first-order valence-electron chi connectivity index (χ1n) is 3.98. The minimum Gasteiger partial charge on any atom is -0.355 e. The summed E-state index contributed by atoms with van der Waals surface area (Å²) in [6.45, 7) is 3.68. The molecule has 0 aromatic carbocycles. The molecule has 2 aromatic heterocycles. The summed E-state index contributed by atoms with van der Waals surface area (Å²) in [5.74, 6) is 0. The van der Waals surface area contributed by atoms with E-state index in [0.717, 1.165) is 17.0 Å². The lowest BCUT2D eigenvalue weighted by Gasteiger charge is -1.94. The Kier molecular flexibility index (Phi) is 1.92. The molecule has 1 N–H and O–H groups in total. The van der Waals surface area contributed by atoms with Crippen LogP contribution in [-0.4, -0.2) is 15.2 Å². The van der Waals surface area contributed by atoms with Crippen LogP contribution in [0.3, 0.4) is 0 Å². The fourth-order valence-corrected chi connectivity index (χ4v) is 1.15. The molecule has 0 aliphatic heterocycles. The average molecular weight is 171 g/mol. The standard InChI is InChI=1S/C10H9N3/c1-2-9-3-4-10(13-9)8-5-6-11-12-7-8/h2-7,13H,1H2. The smallest absolute Gasteiger partial charge is 0.0589 e. The van der Waals surface area contributed by atoms with Crippen molar-refractivity contribution < 1.29 is 0 Å². The van der Waals surface area contributed by atoms with Crippen LogP contribution in [0.4, 0.5) is 0 Å². The summed E-state index contributed by atoms with van der Waals surface area (Å²) in [5, 5.41) is 7.51. The number of H-pyrrole nitrogens is 1. The molecule has 64 valence electrons. The predicted molar refractivity (Wildman–Crippen MR) is 51.9 cm³/mol. The van der Waals surface area contributed by atoms with Crippen molar-refractivity contribution in [3.8, 4) is 11.3 Å². The van der Waals surface area contributed by atoms with E-state index in [0.29, 0.717) is 0 Å². The molecular formula is C10H9N3. The van der Waals surface area contributed by atoms with Crippen LogP contribution in [0.25, 0.3) is 17.3 Å². The molecule has 13 heavy (non-hydrogen) atoms. The molecule has 2 aromatic rings. The minimum absolute atomic E-state index is 1.01. The van der Waals surface area contributed by atoms with Gasteiger partial charge in [-0.1, -0.05) is 6.58 Å². The summed E-state index contributed by atoms with van der Waals surface area (Å²) in [4.78, 5) is 3.19. The molecule has 0 bridgehead atoms. The number of hydrogen-bond acceptors (Lipinski definition) is 2. The van der Waals surface area contributed by atoms with Gasteiger partial charge >= 0.3 is 0 Å². The first-order valence-corrected chi connectivity index (χ1v) is 3.98. The van der Waals surface area contributed by atoms with E-state index in [1.165, 1.54) is 0 Å². The number of aromatic amines is 1. The van der Waals surface area contributed by atoms with Crippen molar-refractivity contribution in [1.82, 2.24) is 15.2 Å². The van der Waals surface area contributed by atoms with Crippen LogP contribution in [0.5, 0.6) is 0 Å². The number of nitrogens with zero attached hydrogens (tertiary/aromatic N) is 2. The van der Waals surface area contributed by atoms with Gasteiger partial charge in [0.05, 0.1) is 12.4 Å². The van der Waals surface area contributed by atoms with Gasteiger partial charge in [0.2, 0.25) is 0 Å². The van der Waals surface area contributed by atoms with Gasteiger partial charge in [0.15, 0.2) is 0 Å². The molecule has 0 unspecified atom stereocenters. The lowest BCUT2D eigenvalue weighted by Crippen LogP contribution is -1.81. The van der Waals surface area contributed by atoms with Gasteiger partial charge in [0.25, 0.3) is 0 Å². The Hall–Kier alpha value is -1.90. The van der Waals surface area contributed by atoms with E-state index in [2.05, 4.69) is 21.8 Å². The van der Waals surface area contributed by atoms with Crippen molar-refractivity contribution in [1.29, 1.82) is 0 Å². The molecule has 0 atom stereocenters. The van der Waals surface area contributed by atoms with Crippen molar-refractivity contribution in [3.63, 3.8) is 0 Å². The molecule has 0 saturated heterocycles. The van der Waals surface area contributed by atoms with Crippen LogP contribution in [0.1, 0.15) is 5.69 Å². The highest BCUT2D eigenvalue weighted by atomic mass is 15.1. The molecule has 2 rings (SSSR count). The van der Waals surface area contributed by atoms with Gasteiger partial charge in [-0.15, -0.1) is 0 Å². The van der Waals surface area contributed by atoms with Gasteiger partial charge in [-0.2, -0.15) is 10.2 Å². The van der Waals surface area contributed by atoms with Gasteiger partial charge in [0, 0.05) is 17.0 Å². The van der Waals surface area contributed by atoms with Crippen molar-refractivity contribution in [2.75, 3.05) is 0 Å². The lowest BCUT2D eigenvalue weighted by molar-refractivity contribution is 1.03. The van der Waals surface area contributed by atoms with Gasteiger partial charge in [0.1, 0.15) is 0 Å². The maximum absolute atomic E-state index is 3.80. The molecule has 0 amide bonds. The monoisotopic (exact) mass is 171 g/mol. The number of aromatic nitrogens is 3. The highest BCUT2D eigenvalue weighted by Gasteiger charge is 1.98. The second kappa shape index (κ2) is 3.23. The third-order valence-electron chi connectivity index (χ3n) is 1.82. The maximum Gasteiger partial charge on any atom is 0.0589 e. The molecule has 0 aliphatic carbocycles. The largest absolute Gasteiger partial charge is 0.355 e. The van der Waals surface area contributed by atoms with Gasteiger partial charge in [-0.25, -0.2) is 0 Å². The molecular weight excluding hydrogens is 162 g/mol. The molecule has 3 nitrogen and oxygen atoms in total. The second-order valence-electron chi connectivity index (χ2n) is 2.66. The van der Waals surface area contributed by atoms with Crippen LogP contribution < -0.4 is 0 Å². The van der Waals surface area contributed by atoms with Gasteiger partial charge in [-0.3, -0.25) is 0 Å². The molecule has 2 heterocycles. The summed E-state index contributed by atoms with van der Waals surface area (Å²) in [7, 11) is 0. The first kappa shape index (κ1) is 7.73.